The highest BCUT2D eigenvalue weighted by Crippen LogP contribution is 2.30. The van der Waals surface area contributed by atoms with E-state index in [9.17, 15) is 19.5 Å². The second kappa shape index (κ2) is 5.37. The van der Waals surface area contributed by atoms with Gasteiger partial charge in [-0.15, -0.1) is 0 Å². The van der Waals surface area contributed by atoms with Crippen molar-refractivity contribution in [2.24, 2.45) is 17.8 Å². The van der Waals surface area contributed by atoms with Crippen LogP contribution in [0.2, 0.25) is 0 Å². The van der Waals surface area contributed by atoms with E-state index in [4.69, 9.17) is 0 Å². The van der Waals surface area contributed by atoms with Gasteiger partial charge in [-0.25, -0.2) is 0 Å². The summed E-state index contributed by atoms with van der Waals surface area (Å²) in [5, 5.41) is 10.9. The zero-order valence-electron chi connectivity index (χ0n) is 10.1. The van der Waals surface area contributed by atoms with Crippen LogP contribution in [0, 0.1) is 17.8 Å². The third-order valence-electron chi connectivity index (χ3n) is 3.66. The highest BCUT2D eigenvalue weighted by atomic mass is 16.4. The van der Waals surface area contributed by atoms with Crippen LogP contribution in [0.3, 0.4) is 0 Å². The first kappa shape index (κ1) is 12.9. The van der Waals surface area contributed by atoms with Crippen LogP contribution in [0.4, 0.5) is 0 Å². The fourth-order valence-corrected chi connectivity index (χ4v) is 2.39. The number of carboxylic acids is 1. The normalized spacial score (nSPS) is 27.3. The van der Waals surface area contributed by atoms with Crippen molar-refractivity contribution in [2.45, 2.75) is 38.5 Å². The molecule has 18 heavy (non-hydrogen) atoms. The number of carbonyl (C=O) groups excluding carboxylic acids is 3. The van der Waals surface area contributed by atoms with E-state index >= 15 is 0 Å². The van der Waals surface area contributed by atoms with Crippen molar-refractivity contribution >= 4 is 17.8 Å². The third-order valence-corrected chi connectivity index (χ3v) is 3.66. The molecule has 100 valence electrons. The molecule has 2 unspecified atom stereocenters. The number of amides is 2. The van der Waals surface area contributed by atoms with Crippen molar-refractivity contribution in [2.75, 3.05) is 0 Å². The van der Waals surface area contributed by atoms with Crippen molar-refractivity contribution in [3.8, 4) is 0 Å². The summed E-state index contributed by atoms with van der Waals surface area (Å²) in [4.78, 5) is 34.1. The first-order valence-corrected chi connectivity index (χ1v) is 6.40. The Bertz CT molecular complexity index is 365. The predicted molar refractivity (Wildman–Crippen MR) is 59.5 cm³/mol. The standard InChI is InChI=1S/C12H18N2O4/c15-10(7-5-6-7)13-14-11(16)8-3-1-2-4-9(8)12(17)18/h7-9H,1-6H2,(H,13,15)(H,14,16)(H,17,18)/p-1. The maximum Gasteiger partial charge on any atom is 0.242 e. The number of hydrogen-bond donors (Lipinski definition) is 2. The van der Waals surface area contributed by atoms with E-state index < -0.39 is 23.7 Å². The minimum Gasteiger partial charge on any atom is -0.550 e. The number of hydrogen-bond acceptors (Lipinski definition) is 4. The minimum absolute atomic E-state index is 0.00796. The molecule has 0 aromatic carbocycles. The number of carboxylic acid groups (broad SMARTS) is 1. The van der Waals surface area contributed by atoms with E-state index in [0.29, 0.717) is 12.8 Å². The Morgan fingerprint density at radius 1 is 0.833 bits per heavy atom. The molecule has 2 saturated carbocycles. The van der Waals surface area contributed by atoms with Crippen LogP contribution < -0.4 is 16.0 Å². The van der Waals surface area contributed by atoms with Crippen molar-refractivity contribution in [3.05, 3.63) is 0 Å². The Balaban J connectivity index is 1.85. The van der Waals surface area contributed by atoms with Crippen LogP contribution in [0.5, 0.6) is 0 Å². The Morgan fingerprint density at radius 2 is 1.39 bits per heavy atom. The topological polar surface area (TPSA) is 98.3 Å². The summed E-state index contributed by atoms with van der Waals surface area (Å²) < 4.78 is 0. The average Bonchev–Trinajstić information content (AvgIpc) is 3.19. The molecule has 2 rings (SSSR count). The van der Waals surface area contributed by atoms with Gasteiger partial charge in [0.2, 0.25) is 11.8 Å². The molecule has 0 aliphatic heterocycles. The summed E-state index contributed by atoms with van der Waals surface area (Å²) in [6, 6.07) is 0. The Kier molecular flexibility index (Phi) is 3.84. The van der Waals surface area contributed by atoms with Crippen LogP contribution in [-0.2, 0) is 14.4 Å². The highest BCUT2D eigenvalue weighted by Gasteiger charge is 2.33. The van der Waals surface area contributed by atoms with Crippen LogP contribution >= 0.6 is 0 Å². The molecular formula is C12H17N2O4-. The quantitative estimate of drug-likeness (QED) is 0.637. The molecule has 2 amide bonds. The van der Waals surface area contributed by atoms with Crippen molar-refractivity contribution in [3.63, 3.8) is 0 Å². The maximum atomic E-state index is 11.8. The number of rotatable bonds is 3. The summed E-state index contributed by atoms with van der Waals surface area (Å²) in [5.74, 6) is -3.11. The van der Waals surface area contributed by atoms with Crippen LogP contribution in [0.25, 0.3) is 0 Å². The molecule has 2 aliphatic rings. The van der Waals surface area contributed by atoms with Crippen LogP contribution in [0.1, 0.15) is 38.5 Å². The summed E-state index contributed by atoms with van der Waals surface area (Å²) in [7, 11) is 0. The van der Waals surface area contributed by atoms with Gasteiger partial charge in [0.25, 0.3) is 0 Å². The van der Waals surface area contributed by atoms with E-state index in [1.54, 1.807) is 0 Å². The molecule has 0 bridgehead atoms. The minimum atomic E-state index is -1.18. The second-order valence-electron chi connectivity index (χ2n) is 5.07. The molecule has 0 radical (unpaired) electrons. The number of nitrogens with one attached hydrogen (secondary N) is 2. The monoisotopic (exact) mass is 253 g/mol. The lowest BCUT2D eigenvalue weighted by atomic mass is 9.79. The summed E-state index contributed by atoms with van der Waals surface area (Å²) >= 11 is 0. The summed E-state index contributed by atoms with van der Waals surface area (Å²) in [5.41, 5.74) is 4.68. The fraction of sp³-hybridized carbons (Fsp3) is 0.750. The Labute approximate surface area is 105 Å². The molecule has 2 atom stereocenters. The van der Waals surface area contributed by atoms with Gasteiger partial charge in [0.05, 0.1) is 0 Å². The van der Waals surface area contributed by atoms with E-state index in [0.717, 1.165) is 25.7 Å². The molecule has 2 aliphatic carbocycles. The second-order valence-corrected chi connectivity index (χ2v) is 5.07. The number of carbonyl (C=O) groups is 3. The lowest BCUT2D eigenvalue weighted by Gasteiger charge is -2.31. The molecule has 2 fully saturated rings. The predicted octanol–water partition coefficient (Wildman–Crippen LogP) is -0.900. The molecule has 0 aromatic rings. The first-order chi connectivity index (χ1) is 8.59. The fourth-order valence-electron chi connectivity index (χ4n) is 2.39. The zero-order valence-corrected chi connectivity index (χ0v) is 10.1. The van der Waals surface area contributed by atoms with Crippen molar-refractivity contribution in [1.82, 2.24) is 10.9 Å². The van der Waals surface area contributed by atoms with Gasteiger partial charge in [-0.1, -0.05) is 12.8 Å². The van der Waals surface area contributed by atoms with Crippen molar-refractivity contribution < 1.29 is 19.5 Å². The Hall–Kier alpha value is -1.59. The summed E-state index contributed by atoms with van der Waals surface area (Å²) in [6.07, 6.45) is 4.34. The van der Waals surface area contributed by atoms with Crippen LogP contribution in [-0.4, -0.2) is 17.8 Å². The zero-order chi connectivity index (χ0) is 13.1. The Morgan fingerprint density at radius 3 is 1.94 bits per heavy atom. The van der Waals surface area contributed by atoms with Crippen LogP contribution in [0.15, 0.2) is 0 Å². The van der Waals surface area contributed by atoms with Crippen molar-refractivity contribution in [1.29, 1.82) is 0 Å². The molecule has 0 saturated heterocycles. The van der Waals surface area contributed by atoms with Gasteiger partial charge < -0.3 is 9.90 Å². The molecule has 0 spiro atoms. The third kappa shape index (κ3) is 3.00. The van der Waals surface area contributed by atoms with Gasteiger partial charge in [0.15, 0.2) is 0 Å². The summed E-state index contributed by atoms with van der Waals surface area (Å²) in [6.45, 7) is 0. The largest absolute Gasteiger partial charge is 0.550 e. The molecule has 6 nitrogen and oxygen atoms in total. The molecule has 0 aromatic heterocycles. The maximum absolute atomic E-state index is 11.8. The molecule has 6 heteroatoms. The molecule has 2 N–H and O–H groups in total. The smallest absolute Gasteiger partial charge is 0.242 e. The number of aliphatic carboxylic acids is 1. The van der Waals surface area contributed by atoms with E-state index in [1.165, 1.54) is 0 Å². The van der Waals surface area contributed by atoms with Gasteiger partial charge in [-0.3, -0.25) is 20.4 Å². The average molecular weight is 253 g/mol. The van der Waals surface area contributed by atoms with Gasteiger partial charge in [0.1, 0.15) is 0 Å². The number of hydrazine groups is 1. The lowest BCUT2D eigenvalue weighted by molar-refractivity contribution is -0.314. The van der Waals surface area contributed by atoms with E-state index in [1.807, 2.05) is 0 Å². The van der Waals surface area contributed by atoms with Gasteiger partial charge in [-0.2, -0.15) is 0 Å². The van der Waals surface area contributed by atoms with Gasteiger partial charge >= 0.3 is 0 Å². The lowest BCUT2D eigenvalue weighted by Crippen LogP contribution is -2.50. The molecule has 0 heterocycles. The SMILES string of the molecule is O=C(NNC(=O)C1CCCCC1C(=O)[O-])C1CC1. The van der Waals surface area contributed by atoms with E-state index in [-0.39, 0.29) is 11.8 Å². The van der Waals surface area contributed by atoms with E-state index in [2.05, 4.69) is 10.9 Å². The highest BCUT2D eigenvalue weighted by molar-refractivity contribution is 5.87. The van der Waals surface area contributed by atoms with Gasteiger partial charge in [-0.05, 0) is 25.7 Å². The van der Waals surface area contributed by atoms with Gasteiger partial charge in [0, 0.05) is 23.7 Å². The molecular weight excluding hydrogens is 236 g/mol. The first-order valence-electron chi connectivity index (χ1n) is 6.40.